The molecule has 0 aromatic carbocycles. The molecule has 0 radical (unpaired) electrons. The van der Waals surface area contributed by atoms with Crippen molar-refractivity contribution in [3.63, 3.8) is 0 Å². The van der Waals surface area contributed by atoms with E-state index in [0.717, 1.165) is 63.7 Å². The summed E-state index contributed by atoms with van der Waals surface area (Å²) in [6, 6.07) is 0. The number of esters is 3. The van der Waals surface area contributed by atoms with E-state index in [0.29, 0.717) is 19.3 Å². The minimum absolute atomic E-state index is 0.0651. The highest BCUT2D eigenvalue weighted by molar-refractivity contribution is 5.71. The summed E-state index contributed by atoms with van der Waals surface area (Å²) in [5.41, 5.74) is 0. The first-order valence-corrected chi connectivity index (χ1v) is 20.9. The lowest BCUT2D eigenvalue weighted by Crippen LogP contribution is -2.30. The first-order chi connectivity index (χ1) is 23.4. The third-order valence-corrected chi connectivity index (χ3v) is 9.29. The van der Waals surface area contributed by atoms with Crippen molar-refractivity contribution in [2.75, 3.05) is 13.2 Å². The lowest BCUT2D eigenvalue weighted by Gasteiger charge is -2.18. The van der Waals surface area contributed by atoms with Crippen LogP contribution in [0, 0.1) is 5.92 Å². The Bertz CT molecular complexity index is 721. The van der Waals surface area contributed by atoms with Crippen LogP contribution in [0.4, 0.5) is 0 Å². The van der Waals surface area contributed by atoms with Crippen molar-refractivity contribution in [1.29, 1.82) is 0 Å². The topological polar surface area (TPSA) is 78.9 Å². The molecule has 6 heteroatoms. The molecule has 0 aliphatic rings. The van der Waals surface area contributed by atoms with Gasteiger partial charge in [0, 0.05) is 19.3 Å². The third kappa shape index (κ3) is 35.7. The fraction of sp³-hybridized carbons (Fsp3) is 0.929. The van der Waals surface area contributed by atoms with Crippen LogP contribution in [-0.4, -0.2) is 37.2 Å². The average Bonchev–Trinajstić information content (AvgIpc) is 3.06. The highest BCUT2D eigenvalue weighted by atomic mass is 16.6. The Labute approximate surface area is 298 Å². The normalized spacial score (nSPS) is 11.9. The number of rotatable bonds is 37. The van der Waals surface area contributed by atoms with Gasteiger partial charge in [-0.25, -0.2) is 0 Å². The second-order valence-corrected chi connectivity index (χ2v) is 14.7. The highest BCUT2D eigenvalue weighted by Crippen LogP contribution is 2.15. The molecule has 0 saturated heterocycles. The summed E-state index contributed by atoms with van der Waals surface area (Å²) in [6.07, 6.45) is 33.8. The van der Waals surface area contributed by atoms with E-state index >= 15 is 0 Å². The van der Waals surface area contributed by atoms with Crippen LogP contribution in [0.3, 0.4) is 0 Å². The molecule has 1 atom stereocenters. The Hall–Kier alpha value is -1.59. The second-order valence-electron chi connectivity index (χ2n) is 14.7. The zero-order chi connectivity index (χ0) is 35.3. The molecule has 0 amide bonds. The molecule has 0 bridgehead atoms. The van der Waals surface area contributed by atoms with Gasteiger partial charge in [-0.15, -0.1) is 0 Å². The molecule has 0 unspecified atom stereocenters. The summed E-state index contributed by atoms with van der Waals surface area (Å²) in [4.78, 5) is 37.4. The molecule has 0 spiro atoms. The standard InChI is InChI=1S/C42H80O6/c1-5-7-9-11-13-14-15-18-22-25-29-33-40(43)46-36-39(48-42(45)35-31-27-20-12-10-8-6-2)37-47-41(44)34-30-26-23-19-16-17-21-24-28-32-38(3)4/h38-39H,5-37H2,1-4H3/t39-/m0/s1. The third-order valence-electron chi connectivity index (χ3n) is 9.29. The molecule has 0 aromatic heterocycles. The molecular formula is C42H80O6. The predicted octanol–water partition coefficient (Wildman–Crippen LogP) is 12.8. The van der Waals surface area contributed by atoms with Crippen LogP contribution in [-0.2, 0) is 28.6 Å². The van der Waals surface area contributed by atoms with Gasteiger partial charge in [0.2, 0.25) is 0 Å². The van der Waals surface area contributed by atoms with Crippen molar-refractivity contribution in [1.82, 2.24) is 0 Å². The van der Waals surface area contributed by atoms with E-state index in [9.17, 15) is 14.4 Å². The Morgan fingerprint density at radius 2 is 0.688 bits per heavy atom. The molecule has 0 heterocycles. The minimum Gasteiger partial charge on any atom is -0.462 e. The molecule has 48 heavy (non-hydrogen) atoms. The van der Waals surface area contributed by atoms with E-state index in [-0.39, 0.29) is 31.1 Å². The lowest BCUT2D eigenvalue weighted by atomic mass is 10.0. The van der Waals surface area contributed by atoms with Crippen LogP contribution < -0.4 is 0 Å². The van der Waals surface area contributed by atoms with Gasteiger partial charge in [-0.1, -0.05) is 188 Å². The molecule has 0 N–H and O–H groups in total. The summed E-state index contributed by atoms with van der Waals surface area (Å²) < 4.78 is 16.6. The van der Waals surface area contributed by atoms with Gasteiger partial charge in [-0.05, 0) is 25.2 Å². The van der Waals surface area contributed by atoms with Gasteiger partial charge in [0.25, 0.3) is 0 Å². The number of ether oxygens (including phenoxy) is 3. The number of unbranched alkanes of at least 4 members (excludes halogenated alkanes) is 24. The van der Waals surface area contributed by atoms with Gasteiger partial charge < -0.3 is 14.2 Å². The highest BCUT2D eigenvalue weighted by Gasteiger charge is 2.19. The monoisotopic (exact) mass is 681 g/mol. The van der Waals surface area contributed by atoms with Crippen LogP contribution >= 0.6 is 0 Å². The molecule has 0 aromatic rings. The SMILES string of the molecule is CCCCCCCCCCCCCC(=O)OC[C@@H](COC(=O)CCCCCCCCCCCC(C)C)OC(=O)CCCCCCCCC. The van der Waals surface area contributed by atoms with Crippen molar-refractivity contribution >= 4 is 17.9 Å². The fourth-order valence-electron chi connectivity index (χ4n) is 6.10. The average molecular weight is 681 g/mol. The molecule has 0 saturated carbocycles. The van der Waals surface area contributed by atoms with Gasteiger partial charge in [-0.3, -0.25) is 14.4 Å². The molecule has 0 aliphatic heterocycles. The van der Waals surface area contributed by atoms with Gasteiger partial charge >= 0.3 is 17.9 Å². The fourth-order valence-corrected chi connectivity index (χ4v) is 6.10. The zero-order valence-corrected chi connectivity index (χ0v) is 32.4. The summed E-state index contributed by atoms with van der Waals surface area (Å²) in [5, 5.41) is 0. The zero-order valence-electron chi connectivity index (χ0n) is 32.4. The van der Waals surface area contributed by atoms with E-state index in [1.54, 1.807) is 0 Å². The van der Waals surface area contributed by atoms with Gasteiger partial charge in [0.05, 0.1) is 0 Å². The largest absolute Gasteiger partial charge is 0.462 e. The Balaban J connectivity index is 4.28. The molecule has 6 nitrogen and oxygen atoms in total. The van der Waals surface area contributed by atoms with Gasteiger partial charge in [0.1, 0.15) is 13.2 Å². The Kier molecular flexibility index (Phi) is 35.5. The predicted molar refractivity (Wildman–Crippen MR) is 201 cm³/mol. The second kappa shape index (κ2) is 36.7. The summed E-state index contributed by atoms with van der Waals surface area (Å²) in [7, 11) is 0. The summed E-state index contributed by atoms with van der Waals surface area (Å²) in [5.74, 6) is -0.0591. The maximum Gasteiger partial charge on any atom is 0.306 e. The van der Waals surface area contributed by atoms with Crippen molar-refractivity contribution in [2.45, 2.75) is 233 Å². The van der Waals surface area contributed by atoms with Crippen LogP contribution in [0.1, 0.15) is 227 Å². The van der Waals surface area contributed by atoms with Gasteiger partial charge in [0.15, 0.2) is 6.10 Å². The molecule has 0 rings (SSSR count). The maximum absolute atomic E-state index is 12.6. The molecular weight excluding hydrogens is 600 g/mol. The van der Waals surface area contributed by atoms with Gasteiger partial charge in [-0.2, -0.15) is 0 Å². The van der Waals surface area contributed by atoms with Crippen molar-refractivity contribution < 1.29 is 28.6 Å². The van der Waals surface area contributed by atoms with Crippen LogP contribution in [0.15, 0.2) is 0 Å². The number of carbonyl (C=O) groups excluding carboxylic acids is 3. The van der Waals surface area contributed by atoms with E-state index in [2.05, 4.69) is 27.7 Å². The summed E-state index contributed by atoms with van der Waals surface area (Å²) in [6.45, 7) is 8.91. The van der Waals surface area contributed by atoms with Crippen LogP contribution in [0.25, 0.3) is 0 Å². The van der Waals surface area contributed by atoms with Crippen molar-refractivity contribution in [3.05, 3.63) is 0 Å². The number of carbonyl (C=O) groups is 3. The lowest BCUT2D eigenvalue weighted by molar-refractivity contribution is -0.167. The number of hydrogen-bond donors (Lipinski definition) is 0. The van der Waals surface area contributed by atoms with E-state index in [4.69, 9.17) is 14.2 Å². The number of hydrogen-bond acceptors (Lipinski definition) is 6. The Morgan fingerprint density at radius 1 is 0.396 bits per heavy atom. The van der Waals surface area contributed by atoms with E-state index in [1.807, 2.05) is 0 Å². The summed E-state index contributed by atoms with van der Waals surface area (Å²) >= 11 is 0. The van der Waals surface area contributed by atoms with Crippen molar-refractivity contribution in [2.24, 2.45) is 5.92 Å². The van der Waals surface area contributed by atoms with Crippen molar-refractivity contribution in [3.8, 4) is 0 Å². The minimum atomic E-state index is -0.757. The Morgan fingerprint density at radius 3 is 1.02 bits per heavy atom. The van der Waals surface area contributed by atoms with E-state index in [1.165, 1.54) is 122 Å². The smallest absolute Gasteiger partial charge is 0.306 e. The molecule has 0 fully saturated rings. The molecule has 0 aliphatic carbocycles. The van der Waals surface area contributed by atoms with Crippen LogP contribution in [0.2, 0.25) is 0 Å². The quantitative estimate of drug-likeness (QED) is 0.0369. The first-order valence-electron chi connectivity index (χ1n) is 20.9. The maximum atomic E-state index is 12.6. The molecule has 284 valence electrons. The first kappa shape index (κ1) is 46.4. The van der Waals surface area contributed by atoms with Crippen LogP contribution in [0.5, 0.6) is 0 Å². The van der Waals surface area contributed by atoms with E-state index < -0.39 is 6.10 Å².